The summed E-state index contributed by atoms with van der Waals surface area (Å²) in [5.41, 5.74) is 3.90. The van der Waals surface area contributed by atoms with Gasteiger partial charge in [-0.15, -0.1) is 6.58 Å². The molecule has 3 rings (SSSR count). The normalized spacial score (nSPS) is 22.2. The average Bonchev–Trinajstić information content (AvgIpc) is 2.86. The van der Waals surface area contributed by atoms with Crippen molar-refractivity contribution in [1.82, 2.24) is 4.90 Å². The number of likely N-dealkylation sites (tertiary alicyclic amines) is 1. The molecule has 2 heterocycles. The maximum Gasteiger partial charge on any atom is 0.338 e. The SMILES string of the molecule is C=CCOC1/C=C/CCOC(=O)c2c(C)cc(C)cc2CC(=N/OCC(=O)N2CCCCC2)/C=C/C1. The highest BCUT2D eigenvalue weighted by Crippen LogP contribution is 2.21. The zero-order valence-electron chi connectivity index (χ0n) is 21.5. The highest BCUT2D eigenvalue weighted by molar-refractivity contribution is 6.00. The van der Waals surface area contributed by atoms with Crippen molar-refractivity contribution in [1.29, 1.82) is 0 Å². The van der Waals surface area contributed by atoms with Crippen molar-refractivity contribution >= 4 is 17.6 Å². The quantitative estimate of drug-likeness (QED) is 0.321. The number of allylic oxidation sites excluding steroid dienone is 1. The van der Waals surface area contributed by atoms with Gasteiger partial charge in [-0.1, -0.05) is 47.2 Å². The largest absolute Gasteiger partial charge is 0.462 e. The first-order valence-corrected chi connectivity index (χ1v) is 12.8. The van der Waals surface area contributed by atoms with E-state index >= 15 is 0 Å². The van der Waals surface area contributed by atoms with Crippen LogP contribution in [0.1, 0.15) is 59.2 Å². The first-order chi connectivity index (χ1) is 17.5. The van der Waals surface area contributed by atoms with Crippen molar-refractivity contribution in [3.05, 3.63) is 71.3 Å². The minimum Gasteiger partial charge on any atom is -0.462 e. The van der Waals surface area contributed by atoms with E-state index in [1.165, 1.54) is 0 Å². The molecule has 2 aliphatic rings. The zero-order chi connectivity index (χ0) is 25.8. The van der Waals surface area contributed by atoms with Crippen molar-refractivity contribution in [2.75, 3.05) is 32.9 Å². The molecule has 7 heteroatoms. The second-order valence-electron chi connectivity index (χ2n) is 9.24. The van der Waals surface area contributed by atoms with Gasteiger partial charge in [-0.3, -0.25) is 4.79 Å². The smallest absolute Gasteiger partial charge is 0.338 e. The van der Waals surface area contributed by atoms with Crippen LogP contribution in [0, 0.1) is 13.8 Å². The van der Waals surface area contributed by atoms with Gasteiger partial charge in [0.1, 0.15) is 0 Å². The molecule has 7 nitrogen and oxygen atoms in total. The summed E-state index contributed by atoms with van der Waals surface area (Å²) in [4.78, 5) is 32.8. The molecule has 1 fully saturated rings. The van der Waals surface area contributed by atoms with E-state index in [2.05, 4.69) is 11.7 Å². The van der Waals surface area contributed by atoms with E-state index in [4.69, 9.17) is 14.3 Å². The summed E-state index contributed by atoms with van der Waals surface area (Å²) in [6.45, 7) is 9.79. The van der Waals surface area contributed by atoms with Gasteiger partial charge in [0, 0.05) is 19.5 Å². The summed E-state index contributed by atoms with van der Waals surface area (Å²) < 4.78 is 11.4. The number of hydrogen-bond acceptors (Lipinski definition) is 6. The number of hydrogen-bond donors (Lipinski definition) is 0. The first kappa shape index (κ1) is 27.4. The van der Waals surface area contributed by atoms with Crippen molar-refractivity contribution in [3.8, 4) is 0 Å². The molecule has 0 bridgehead atoms. The zero-order valence-corrected chi connectivity index (χ0v) is 21.5. The van der Waals surface area contributed by atoms with Crippen LogP contribution in [0.3, 0.4) is 0 Å². The summed E-state index contributed by atoms with van der Waals surface area (Å²) in [5.74, 6) is -0.403. The Bertz CT molecular complexity index is 1010. The molecule has 0 aromatic heterocycles. The highest BCUT2D eigenvalue weighted by Gasteiger charge is 2.19. The average molecular weight is 495 g/mol. The number of benzene rings is 1. The predicted molar refractivity (Wildman–Crippen MR) is 141 cm³/mol. The molecule has 0 saturated carbocycles. The van der Waals surface area contributed by atoms with E-state index < -0.39 is 0 Å². The van der Waals surface area contributed by atoms with E-state index in [-0.39, 0.29) is 31.2 Å². The van der Waals surface area contributed by atoms with Gasteiger partial charge < -0.3 is 19.2 Å². The molecule has 1 atom stereocenters. The first-order valence-electron chi connectivity index (χ1n) is 12.8. The number of piperidine rings is 1. The monoisotopic (exact) mass is 494 g/mol. The summed E-state index contributed by atoms with van der Waals surface area (Å²) in [6, 6.07) is 3.96. The van der Waals surface area contributed by atoms with Crippen molar-refractivity contribution < 1.29 is 23.9 Å². The van der Waals surface area contributed by atoms with E-state index in [0.717, 1.165) is 49.0 Å². The van der Waals surface area contributed by atoms with Crippen molar-refractivity contribution in [3.63, 3.8) is 0 Å². The second kappa shape index (κ2) is 14.4. The number of aryl methyl sites for hydroxylation is 2. The molecular weight excluding hydrogens is 456 g/mol. The van der Waals surface area contributed by atoms with Crippen LogP contribution in [0.15, 0.2) is 54.2 Å². The molecule has 0 spiro atoms. The van der Waals surface area contributed by atoms with Crippen LogP contribution < -0.4 is 0 Å². The van der Waals surface area contributed by atoms with Crippen LogP contribution in [0.4, 0.5) is 0 Å². The third kappa shape index (κ3) is 8.48. The molecule has 0 N–H and O–H groups in total. The lowest BCUT2D eigenvalue weighted by atomic mass is 9.95. The van der Waals surface area contributed by atoms with Crippen molar-refractivity contribution in [2.45, 2.75) is 58.5 Å². The number of oxime groups is 1. The maximum absolute atomic E-state index is 13.0. The number of amides is 1. The molecule has 1 saturated heterocycles. The number of carbonyl (C=O) groups is 2. The van der Waals surface area contributed by atoms with Gasteiger partial charge in [-0.2, -0.15) is 0 Å². The van der Waals surface area contributed by atoms with Gasteiger partial charge in [0.25, 0.3) is 5.91 Å². The van der Waals surface area contributed by atoms with E-state index in [1.807, 2.05) is 55.2 Å². The van der Waals surface area contributed by atoms with Crippen LogP contribution in [-0.4, -0.2) is 61.5 Å². The molecule has 194 valence electrons. The molecule has 1 amide bonds. The standard InChI is InChI=1S/C29H38N2O5/c1-4-16-34-26-12-6-9-17-35-29(33)28-23(3)18-22(2)19-24(28)20-25(11-10-13-26)30-36-21-27(32)31-14-7-5-8-15-31/h4,6,10-12,18-19,26H,1,5,7-9,13-17,20-21H2,2-3H3/b11-10+,12-6+,30-25+. The Balaban J connectivity index is 1.85. The van der Waals surface area contributed by atoms with E-state index in [9.17, 15) is 9.59 Å². The highest BCUT2D eigenvalue weighted by atomic mass is 16.6. The summed E-state index contributed by atoms with van der Waals surface area (Å²) in [5, 5.41) is 4.31. The maximum atomic E-state index is 13.0. The fourth-order valence-corrected chi connectivity index (χ4v) is 4.48. The van der Waals surface area contributed by atoms with Gasteiger partial charge in [-0.05, 0) is 63.2 Å². The summed E-state index contributed by atoms with van der Waals surface area (Å²) >= 11 is 0. The second-order valence-corrected chi connectivity index (χ2v) is 9.24. The van der Waals surface area contributed by atoms with Crippen LogP contribution in [0.5, 0.6) is 0 Å². The third-order valence-electron chi connectivity index (χ3n) is 6.19. The van der Waals surface area contributed by atoms with Gasteiger partial charge in [0.15, 0.2) is 6.61 Å². The number of ether oxygens (including phenoxy) is 2. The molecular formula is C29H38N2O5. The third-order valence-corrected chi connectivity index (χ3v) is 6.19. The number of fused-ring (bicyclic) bond motifs is 1. The number of cyclic esters (lactones) is 1. The van der Waals surface area contributed by atoms with E-state index in [0.29, 0.717) is 37.1 Å². The predicted octanol–water partition coefficient (Wildman–Crippen LogP) is 4.87. The Morgan fingerprint density at radius 2 is 2.03 bits per heavy atom. The lowest BCUT2D eigenvalue weighted by Crippen LogP contribution is -2.37. The van der Waals surface area contributed by atoms with Crippen LogP contribution in [-0.2, 0) is 25.5 Å². The topological polar surface area (TPSA) is 77.4 Å². The molecule has 1 aromatic rings. The Labute approximate surface area is 214 Å². The van der Waals surface area contributed by atoms with E-state index in [1.54, 1.807) is 6.08 Å². The fourth-order valence-electron chi connectivity index (χ4n) is 4.48. The molecule has 1 aromatic carbocycles. The molecule has 0 aliphatic carbocycles. The van der Waals surface area contributed by atoms with Crippen LogP contribution in [0.2, 0.25) is 0 Å². The van der Waals surface area contributed by atoms with Gasteiger partial charge >= 0.3 is 5.97 Å². The Morgan fingerprint density at radius 1 is 1.22 bits per heavy atom. The molecule has 0 radical (unpaired) electrons. The Morgan fingerprint density at radius 3 is 2.81 bits per heavy atom. The lowest BCUT2D eigenvalue weighted by molar-refractivity contribution is -0.137. The molecule has 2 aliphatic heterocycles. The van der Waals surface area contributed by atoms with Crippen molar-refractivity contribution in [2.24, 2.45) is 5.16 Å². The van der Waals surface area contributed by atoms with Gasteiger partial charge in [-0.25, -0.2) is 4.79 Å². The van der Waals surface area contributed by atoms with Gasteiger partial charge in [0.2, 0.25) is 0 Å². The number of carbonyl (C=O) groups excluding carboxylic acids is 2. The minimum atomic E-state index is -0.350. The molecule has 36 heavy (non-hydrogen) atoms. The lowest BCUT2D eigenvalue weighted by Gasteiger charge is -2.26. The Hall–Kier alpha value is -3.19. The van der Waals surface area contributed by atoms with Gasteiger partial charge in [0.05, 0.1) is 30.6 Å². The number of nitrogens with zero attached hydrogens (tertiary/aromatic N) is 2. The Kier molecular flexibility index (Phi) is 11.0. The minimum absolute atomic E-state index is 0.0531. The fraction of sp³-hybridized carbons (Fsp3) is 0.483. The molecule has 1 unspecified atom stereocenters. The number of esters is 1. The summed E-state index contributed by atoms with van der Waals surface area (Å²) in [6.07, 6.45) is 14.2. The van der Waals surface area contributed by atoms with Crippen LogP contribution >= 0.6 is 0 Å². The van der Waals surface area contributed by atoms with Crippen LogP contribution in [0.25, 0.3) is 0 Å². The number of rotatable bonds is 6. The summed E-state index contributed by atoms with van der Waals surface area (Å²) in [7, 11) is 0.